The van der Waals surface area contributed by atoms with Crippen LogP contribution in [0, 0.1) is 0 Å². The number of benzene rings is 1. The minimum atomic E-state index is -0.816. The first-order valence-corrected chi connectivity index (χ1v) is 5.09. The first kappa shape index (κ1) is 10.6. The molecule has 0 aliphatic heterocycles. The summed E-state index contributed by atoms with van der Waals surface area (Å²) in [6.45, 7) is 0. The number of halogens is 1. The summed E-state index contributed by atoms with van der Waals surface area (Å²) < 4.78 is 1.67. The SMILES string of the molecule is O=c1[nH]c(=O)n(-c2ccc(Br)cc2)c(=O)[nH]1. The van der Waals surface area contributed by atoms with Crippen molar-refractivity contribution in [3.63, 3.8) is 0 Å². The van der Waals surface area contributed by atoms with Crippen molar-refractivity contribution in [2.75, 3.05) is 0 Å². The number of hydrogen-bond acceptors (Lipinski definition) is 3. The molecule has 7 heteroatoms. The van der Waals surface area contributed by atoms with Crippen LogP contribution in [-0.2, 0) is 0 Å². The molecule has 1 aromatic carbocycles. The van der Waals surface area contributed by atoms with Gasteiger partial charge in [0.2, 0.25) is 0 Å². The summed E-state index contributed by atoms with van der Waals surface area (Å²) in [5, 5.41) is 0. The average Bonchev–Trinajstić information content (AvgIpc) is 2.19. The topological polar surface area (TPSA) is 87.7 Å². The van der Waals surface area contributed by atoms with Crippen molar-refractivity contribution in [3.05, 3.63) is 60.2 Å². The molecule has 0 aliphatic carbocycles. The van der Waals surface area contributed by atoms with Gasteiger partial charge in [0.15, 0.2) is 0 Å². The largest absolute Gasteiger partial charge is 0.338 e. The van der Waals surface area contributed by atoms with Crippen LogP contribution in [0.5, 0.6) is 0 Å². The van der Waals surface area contributed by atoms with Gasteiger partial charge in [0.25, 0.3) is 0 Å². The Kier molecular flexibility index (Phi) is 2.61. The van der Waals surface area contributed by atoms with Crippen LogP contribution in [0.2, 0.25) is 0 Å². The molecule has 0 amide bonds. The van der Waals surface area contributed by atoms with Gasteiger partial charge in [-0.2, -0.15) is 0 Å². The van der Waals surface area contributed by atoms with Gasteiger partial charge >= 0.3 is 17.1 Å². The van der Waals surface area contributed by atoms with Crippen molar-refractivity contribution in [3.8, 4) is 5.69 Å². The van der Waals surface area contributed by atoms with Crippen molar-refractivity contribution in [1.82, 2.24) is 14.5 Å². The van der Waals surface area contributed by atoms with E-state index in [1.165, 1.54) is 0 Å². The fourth-order valence-corrected chi connectivity index (χ4v) is 1.52. The summed E-state index contributed by atoms with van der Waals surface area (Å²) in [5.74, 6) is 0. The van der Waals surface area contributed by atoms with E-state index in [2.05, 4.69) is 15.9 Å². The van der Waals surface area contributed by atoms with Gasteiger partial charge < -0.3 is 0 Å². The second-order valence-electron chi connectivity index (χ2n) is 3.00. The number of rotatable bonds is 1. The van der Waals surface area contributed by atoms with E-state index in [-0.39, 0.29) is 0 Å². The summed E-state index contributed by atoms with van der Waals surface area (Å²) in [6, 6.07) is 6.54. The van der Waals surface area contributed by atoms with Crippen molar-refractivity contribution in [2.45, 2.75) is 0 Å². The maximum Gasteiger partial charge on any atom is 0.338 e. The lowest BCUT2D eigenvalue weighted by atomic mass is 10.3. The van der Waals surface area contributed by atoms with Crippen LogP contribution in [-0.4, -0.2) is 14.5 Å². The smallest absolute Gasteiger partial charge is 0.258 e. The van der Waals surface area contributed by atoms with E-state index in [9.17, 15) is 14.4 Å². The van der Waals surface area contributed by atoms with Crippen molar-refractivity contribution < 1.29 is 0 Å². The van der Waals surface area contributed by atoms with E-state index in [4.69, 9.17) is 0 Å². The lowest BCUT2D eigenvalue weighted by Gasteiger charge is -2.02. The quantitative estimate of drug-likeness (QED) is 0.771. The molecule has 0 unspecified atom stereocenters. The van der Waals surface area contributed by atoms with Crippen LogP contribution in [0.1, 0.15) is 0 Å². The number of hydrogen-bond donors (Lipinski definition) is 2. The molecule has 6 nitrogen and oxygen atoms in total. The van der Waals surface area contributed by atoms with Crippen LogP contribution in [0.25, 0.3) is 5.69 Å². The molecule has 2 aromatic rings. The summed E-state index contributed by atoms with van der Waals surface area (Å²) in [6.07, 6.45) is 0. The Morgan fingerprint density at radius 1 is 0.938 bits per heavy atom. The molecule has 1 heterocycles. The van der Waals surface area contributed by atoms with E-state index >= 15 is 0 Å². The minimum Gasteiger partial charge on any atom is -0.258 e. The van der Waals surface area contributed by atoms with Gasteiger partial charge in [-0.1, -0.05) is 15.9 Å². The molecule has 0 atom stereocenters. The summed E-state index contributed by atoms with van der Waals surface area (Å²) in [4.78, 5) is 37.6. The van der Waals surface area contributed by atoms with Crippen molar-refractivity contribution >= 4 is 15.9 Å². The molecule has 2 rings (SSSR count). The molecule has 1 aromatic heterocycles. The molecule has 0 bridgehead atoms. The van der Waals surface area contributed by atoms with Crippen LogP contribution in [0.15, 0.2) is 43.1 Å². The van der Waals surface area contributed by atoms with Gasteiger partial charge in [-0.05, 0) is 24.3 Å². The highest BCUT2D eigenvalue weighted by molar-refractivity contribution is 9.10. The highest BCUT2D eigenvalue weighted by atomic mass is 79.9. The molecule has 0 aliphatic rings. The Morgan fingerprint density at radius 2 is 1.44 bits per heavy atom. The standard InChI is InChI=1S/C9H6BrN3O3/c10-5-1-3-6(4-2-5)13-8(15)11-7(14)12-9(13)16/h1-4H,(H2,11,12,14,15,16). The highest BCUT2D eigenvalue weighted by Gasteiger charge is 2.04. The van der Waals surface area contributed by atoms with E-state index < -0.39 is 17.1 Å². The van der Waals surface area contributed by atoms with Crippen molar-refractivity contribution in [2.24, 2.45) is 0 Å². The lowest BCUT2D eigenvalue weighted by Crippen LogP contribution is -2.42. The Bertz CT molecular complexity index is 646. The number of aromatic amines is 2. The monoisotopic (exact) mass is 283 g/mol. The zero-order chi connectivity index (χ0) is 11.7. The Hall–Kier alpha value is -1.89. The average molecular weight is 284 g/mol. The van der Waals surface area contributed by atoms with Crippen molar-refractivity contribution in [1.29, 1.82) is 0 Å². The first-order valence-electron chi connectivity index (χ1n) is 4.29. The normalized spacial score (nSPS) is 10.3. The number of nitrogens with zero attached hydrogens (tertiary/aromatic N) is 1. The zero-order valence-electron chi connectivity index (χ0n) is 7.86. The van der Waals surface area contributed by atoms with E-state index in [0.29, 0.717) is 5.69 Å². The predicted molar refractivity (Wildman–Crippen MR) is 61.0 cm³/mol. The van der Waals surface area contributed by atoms with Crippen LogP contribution >= 0.6 is 15.9 Å². The predicted octanol–water partition coefficient (Wildman–Crippen LogP) is -0.0234. The molecular formula is C9H6BrN3O3. The van der Waals surface area contributed by atoms with E-state index in [0.717, 1.165) is 9.04 Å². The highest BCUT2D eigenvalue weighted by Crippen LogP contribution is 2.11. The molecule has 16 heavy (non-hydrogen) atoms. The fourth-order valence-electron chi connectivity index (χ4n) is 1.25. The summed E-state index contributed by atoms with van der Waals surface area (Å²) in [7, 11) is 0. The lowest BCUT2D eigenvalue weighted by molar-refractivity contribution is 0.784. The zero-order valence-corrected chi connectivity index (χ0v) is 9.45. The van der Waals surface area contributed by atoms with Crippen LogP contribution in [0.3, 0.4) is 0 Å². The van der Waals surface area contributed by atoms with Gasteiger partial charge in [0, 0.05) is 4.47 Å². The van der Waals surface area contributed by atoms with Crippen LogP contribution < -0.4 is 17.1 Å². The van der Waals surface area contributed by atoms with Crippen LogP contribution in [0.4, 0.5) is 0 Å². The number of aromatic nitrogens is 3. The Balaban J connectivity index is 2.75. The molecule has 82 valence electrons. The molecule has 0 spiro atoms. The van der Waals surface area contributed by atoms with Gasteiger partial charge in [0.05, 0.1) is 5.69 Å². The van der Waals surface area contributed by atoms with Gasteiger partial charge in [-0.25, -0.2) is 19.0 Å². The third-order valence-corrected chi connectivity index (χ3v) is 2.46. The third kappa shape index (κ3) is 1.89. The van der Waals surface area contributed by atoms with Gasteiger partial charge in [0.1, 0.15) is 0 Å². The molecular weight excluding hydrogens is 278 g/mol. The number of H-pyrrole nitrogens is 2. The first-order chi connectivity index (χ1) is 7.58. The second-order valence-corrected chi connectivity index (χ2v) is 3.92. The minimum absolute atomic E-state index is 0.380. The van der Waals surface area contributed by atoms with E-state index in [1.807, 2.05) is 9.97 Å². The van der Waals surface area contributed by atoms with E-state index in [1.54, 1.807) is 24.3 Å². The fraction of sp³-hybridized carbons (Fsp3) is 0. The molecule has 0 saturated carbocycles. The van der Waals surface area contributed by atoms with Gasteiger partial charge in [-0.15, -0.1) is 0 Å². The maximum absolute atomic E-state index is 11.4. The maximum atomic E-state index is 11.4. The summed E-state index contributed by atoms with van der Waals surface area (Å²) >= 11 is 3.24. The second kappa shape index (κ2) is 3.93. The Morgan fingerprint density at radius 3 is 1.94 bits per heavy atom. The number of nitrogens with one attached hydrogen (secondary N) is 2. The molecule has 0 fully saturated rings. The molecule has 0 saturated heterocycles. The summed E-state index contributed by atoms with van der Waals surface area (Å²) in [5.41, 5.74) is -1.97. The molecule has 0 radical (unpaired) electrons. The van der Waals surface area contributed by atoms with Gasteiger partial charge in [-0.3, -0.25) is 9.97 Å². The third-order valence-electron chi connectivity index (χ3n) is 1.93. The molecule has 2 N–H and O–H groups in total. The Labute approximate surface area is 96.7 Å².